The van der Waals surface area contributed by atoms with Gasteiger partial charge in [-0.3, -0.25) is 24.0 Å². The molecular weight excluding hydrogens is 540 g/mol. The largest absolute Gasteiger partial charge is 0.471 e. The van der Waals surface area contributed by atoms with Gasteiger partial charge in [0.25, 0.3) is 0 Å². The highest BCUT2D eigenvalue weighted by Gasteiger charge is 2.56. The zero-order chi connectivity index (χ0) is 29.7. The Morgan fingerprint density at radius 1 is 0.875 bits per heavy atom. The van der Waals surface area contributed by atoms with Crippen LogP contribution in [-0.2, 0) is 71.4 Å². The van der Waals surface area contributed by atoms with E-state index in [4.69, 9.17) is 42.6 Å². The van der Waals surface area contributed by atoms with E-state index in [-0.39, 0.29) is 12.0 Å². The van der Waals surface area contributed by atoms with Crippen LogP contribution in [0.15, 0.2) is 11.8 Å². The van der Waals surface area contributed by atoms with Crippen LogP contribution in [0.25, 0.3) is 0 Å². The fraction of sp³-hybridized carbons (Fsp3) is 0.680. The number of hydrogen-bond acceptors (Lipinski definition) is 15. The van der Waals surface area contributed by atoms with Crippen LogP contribution in [0.4, 0.5) is 0 Å². The summed E-state index contributed by atoms with van der Waals surface area (Å²) in [6, 6.07) is 0. The fourth-order valence-corrected chi connectivity index (χ4v) is 4.89. The molecule has 3 rings (SSSR count). The van der Waals surface area contributed by atoms with E-state index in [0.29, 0.717) is 0 Å². The van der Waals surface area contributed by atoms with Crippen molar-refractivity contribution in [3.05, 3.63) is 11.8 Å². The zero-order valence-corrected chi connectivity index (χ0v) is 22.8. The summed E-state index contributed by atoms with van der Waals surface area (Å²) in [4.78, 5) is 72.1. The first-order valence-corrected chi connectivity index (χ1v) is 12.4. The molecule has 15 nitrogen and oxygen atoms in total. The first-order chi connectivity index (χ1) is 18.8. The lowest BCUT2D eigenvalue weighted by Gasteiger charge is -2.47. The summed E-state index contributed by atoms with van der Waals surface area (Å²) in [5.41, 5.74) is 0.0948. The molecule has 0 radical (unpaired) electrons. The van der Waals surface area contributed by atoms with Gasteiger partial charge in [-0.1, -0.05) is 0 Å². The molecule has 222 valence electrons. The molecular formula is C25H32O15. The van der Waals surface area contributed by atoms with E-state index in [1.54, 1.807) is 6.92 Å². The molecule has 3 heterocycles. The quantitative estimate of drug-likeness (QED) is 0.281. The van der Waals surface area contributed by atoms with Crippen molar-refractivity contribution in [2.75, 3.05) is 13.7 Å². The van der Waals surface area contributed by atoms with Gasteiger partial charge in [-0.2, -0.15) is 0 Å². The number of fused-ring (bicyclic) bond motifs is 1. The highest BCUT2D eigenvalue weighted by molar-refractivity contribution is 5.90. The molecule has 40 heavy (non-hydrogen) atoms. The lowest BCUT2D eigenvalue weighted by molar-refractivity contribution is -0.348. The average molecular weight is 573 g/mol. The van der Waals surface area contributed by atoms with Gasteiger partial charge in [0, 0.05) is 33.6 Å². The van der Waals surface area contributed by atoms with Crippen molar-refractivity contribution in [2.45, 2.75) is 84.1 Å². The fourth-order valence-electron chi connectivity index (χ4n) is 4.89. The van der Waals surface area contributed by atoms with Crippen molar-refractivity contribution in [1.29, 1.82) is 0 Å². The van der Waals surface area contributed by atoms with Crippen molar-refractivity contribution < 1.29 is 71.4 Å². The summed E-state index contributed by atoms with van der Waals surface area (Å²) in [5.74, 6) is -5.79. The molecule has 9 atom stereocenters. The standard InChI is InChI=1S/C25H32O15/c1-10-19-15(7-18(30)35-10)16(23(31)32-6)8-34-24(19)40-25-22(38-14(5)29)21(37-13(4)28)20(36-12(3)27)17(39-25)9-33-11(2)26/h8,10,15,17,19-22,24-25H,7,9H2,1-6H3/t10-,15+,17+,19+,20+,21-,22+,24?,25-/m0/s1. The van der Waals surface area contributed by atoms with Gasteiger partial charge in [-0.15, -0.1) is 0 Å². The molecule has 0 aromatic carbocycles. The van der Waals surface area contributed by atoms with Gasteiger partial charge in [0.15, 0.2) is 18.3 Å². The number of hydrogen-bond donors (Lipinski definition) is 0. The van der Waals surface area contributed by atoms with Crippen LogP contribution in [0, 0.1) is 11.8 Å². The van der Waals surface area contributed by atoms with Gasteiger partial charge in [-0.25, -0.2) is 4.79 Å². The van der Waals surface area contributed by atoms with E-state index in [0.717, 1.165) is 34.0 Å². The van der Waals surface area contributed by atoms with Crippen LogP contribution in [0.5, 0.6) is 0 Å². The third-order valence-electron chi connectivity index (χ3n) is 6.39. The van der Waals surface area contributed by atoms with Crippen LogP contribution in [0.2, 0.25) is 0 Å². The molecule has 0 aliphatic carbocycles. The molecule has 0 aromatic heterocycles. The van der Waals surface area contributed by atoms with E-state index in [9.17, 15) is 28.8 Å². The van der Waals surface area contributed by atoms with Gasteiger partial charge in [0.05, 0.1) is 31.3 Å². The molecule has 0 spiro atoms. The molecule has 15 heteroatoms. The number of esters is 6. The topological polar surface area (TPSA) is 185 Å². The van der Waals surface area contributed by atoms with Crippen LogP contribution in [-0.4, -0.2) is 92.6 Å². The smallest absolute Gasteiger partial charge is 0.337 e. The number of cyclic esters (lactones) is 1. The Hall–Kier alpha value is -3.72. The Morgan fingerprint density at radius 2 is 1.48 bits per heavy atom. The number of carbonyl (C=O) groups excluding carboxylic acids is 6. The predicted molar refractivity (Wildman–Crippen MR) is 125 cm³/mol. The molecule has 0 aromatic rings. The Morgan fingerprint density at radius 3 is 2.05 bits per heavy atom. The monoisotopic (exact) mass is 572 g/mol. The second-order valence-corrected chi connectivity index (χ2v) is 9.36. The SMILES string of the molecule is COC(=O)C1=COC(O[C@@H]2O[C@H](COC(C)=O)[C@@H](OC(C)=O)[C@H](OC(C)=O)[C@H]2OC(C)=O)[C@@H]2[C@H](C)OC(=O)C[C@H]12. The van der Waals surface area contributed by atoms with Gasteiger partial charge < -0.3 is 42.6 Å². The number of ether oxygens (including phenoxy) is 9. The summed E-state index contributed by atoms with van der Waals surface area (Å²) in [7, 11) is 1.18. The molecule has 3 aliphatic rings. The molecule has 2 saturated heterocycles. The van der Waals surface area contributed by atoms with Crippen molar-refractivity contribution in [3.63, 3.8) is 0 Å². The molecule has 0 amide bonds. The first-order valence-electron chi connectivity index (χ1n) is 12.4. The highest BCUT2D eigenvalue weighted by Crippen LogP contribution is 2.42. The normalized spacial score (nSPS) is 33.1. The number of rotatable bonds is 8. The summed E-state index contributed by atoms with van der Waals surface area (Å²) >= 11 is 0. The Labute approximate surface area is 229 Å². The lowest BCUT2D eigenvalue weighted by Crippen LogP contribution is -2.64. The Kier molecular flexibility index (Phi) is 10.1. The lowest BCUT2D eigenvalue weighted by atomic mass is 9.77. The molecule has 1 unspecified atom stereocenters. The van der Waals surface area contributed by atoms with E-state index < -0.39 is 97.4 Å². The maximum atomic E-state index is 12.4. The van der Waals surface area contributed by atoms with Crippen LogP contribution < -0.4 is 0 Å². The van der Waals surface area contributed by atoms with Gasteiger partial charge in [0.1, 0.15) is 18.8 Å². The molecule has 0 bridgehead atoms. The maximum absolute atomic E-state index is 12.4. The third-order valence-corrected chi connectivity index (χ3v) is 6.39. The average Bonchev–Trinajstić information content (AvgIpc) is 2.84. The number of methoxy groups -OCH3 is 1. The zero-order valence-electron chi connectivity index (χ0n) is 22.8. The maximum Gasteiger partial charge on any atom is 0.337 e. The second kappa shape index (κ2) is 13.1. The highest BCUT2D eigenvalue weighted by atomic mass is 16.8. The van der Waals surface area contributed by atoms with Crippen LogP contribution >= 0.6 is 0 Å². The molecule has 3 aliphatic heterocycles. The summed E-state index contributed by atoms with van der Waals surface area (Å²) in [6.07, 6.45) is -8.19. The van der Waals surface area contributed by atoms with E-state index in [1.807, 2.05) is 0 Å². The van der Waals surface area contributed by atoms with E-state index in [1.165, 1.54) is 7.11 Å². The summed E-state index contributed by atoms with van der Waals surface area (Å²) in [6.45, 7) is 5.57. The van der Waals surface area contributed by atoms with E-state index in [2.05, 4.69) is 0 Å². The minimum atomic E-state index is -1.54. The summed E-state index contributed by atoms with van der Waals surface area (Å²) in [5, 5.41) is 0. The Balaban J connectivity index is 2.01. The molecule has 2 fully saturated rings. The molecule has 0 saturated carbocycles. The van der Waals surface area contributed by atoms with Gasteiger partial charge in [0.2, 0.25) is 12.6 Å². The van der Waals surface area contributed by atoms with Crippen molar-refractivity contribution in [2.24, 2.45) is 11.8 Å². The summed E-state index contributed by atoms with van der Waals surface area (Å²) < 4.78 is 49.2. The van der Waals surface area contributed by atoms with Crippen LogP contribution in [0.3, 0.4) is 0 Å². The van der Waals surface area contributed by atoms with Crippen molar-refractivity contribution in [3.8, 4) is 0 Å². The van der Waals surface area contributed by atoms with E-state index >= 15 is 0 Å². The first kappa shape index (κ1) is 30.8. The van der Waals surface area contributed by atoms with Crippen LogP contribution in [0.1, 0.15) is 41.0 Å². The van der Waals surface area contributed by atoms with Crippen molar-refractivity contribution >= 4 is 35.8 Å². The minimum Gasteiger partial charge on any atom is -0.471 e. The molecule has 0 N–H and O–H groups in total. The third kappa shape index (κ3) is 7.27. The number of carbonyl (C=O) groups is 6. The Bertz CT molecular complexity index is 1050. The van der Waals surface area contributed by atoms with Gasteiger partial charge in [-0.05, 0) is 6.92 Å². The second-order valence-electron chi connectivity index (χ2n) is 9.36. The minimum absolute atomic E-state index is 0.0948. The predicted octanol–water partition coefficient (Wildman–Crippen LogP) is 0.0671. The van der Waals surface area contributed by atoms with Gasteiger partial charge >= 0.3 is 35.8 Å². The van der Waals surface area contributed by atoms with Crippen molar-refractivity contribution in [1.82, 2.24) is 0 Å².